The van der Waals surface area contributed by atoms with Crippen molar-refractivity contribution < 1.29 is 13.2 Å². The van der Waals surface area contributed by atoms with Crippen molar-refractivity contribution in [2.24, 2.45) is 11.8 Å². The van der Waals surface area contributed by atoms with Gasteiger partial charge in [-0.2, -0.15) is 14.1 Å². The normalized spacial score (nSPS) is 18.8. The summed E-state index contributed by atoms with van der Waals surface area (Å²) in [6.07, 6.45) is 1.03. The fourth-order valence-corrected chi connectivity index (χ4v) is 7.89. The predicted octanol–water partition coefficient (Wildman–Crippen LogP) is 5.33. The average Bonchev–Trinajstić information content (AvgIpc) is 3.41. The highest BCUT2D eigenvalue weighted by molar-refractivity contribution is 7.89. The van der Waals surface area contributed by atoms with Gasteiger partial charge in [0.15, 0.2) is 0 Å². The molecule has 1 aliphatic rings. The van der Waals surface area contributed by atoms with Crippen LogP contribution in [0.5, 0.6) is 0 Å². The Kier molecular flexibility index (Phi) is 6.68. The van der Waals surface area contributed by atoms with Crippen molar-refractivity contribution in [3.63, 3.8) is 0 Å². The first kappa shape index (κ1) is 25.6. The molecule has 2 atom stereocenters. The van der Waals surface area contributed by atoms with Crippen molar-refractivity contribution in [2.75, 3.05) is 18.4 Å². The van der Waals surface area contributed by atoms with Crippen molar-refractivity contribution in [3.05, 3.63) is 64.8 Å². The van der Waals surface area contributed by atoms with Gasteiger partial charge >= 0.3 is 0 Å². The topological polar surface area (TPSA) is 97.2 Å². The molecule has 3 heterocycles. The highest BCUT2D eigenvalue weighted by atomic mass is 32.2. The molecule has 1 amide bonds. The Bertz CT molecular complexity index is 1580. The minimum atomic E-state index is -3.61. The van der Waals surface area contributed by atoms with E-state index in [-0.39, 0.29) is 10.8 Å². The van der Waals surface area contributed by atoms with Gasteiger partial charge in [0.05, 0.1) is 20.8 Å². The largest absolute Gasteiger partial charge is 0.306 e. The lowest BCUT2D eigenvalue weighted by molar-refractivity contribution is 0.102. The molecular weight excluding hydrogens is 506 g/mol. The van der Waals surface area contributed by atoms with Crippen molar-refractivity contribution in [1.82, 2.24) is 19.1 Å². The zero-order valence-electron chi connectivity index (χ0n) is 21.6. The van der Waals surface area contributed by atoms with Gasteiger partial charge in [-0.05, 0) is 80.5 Å². The van der Waals surface area contributed by atoms with E-state index in [1.54, 1.807) is 27.2 Å². The number of sulfonamides is 1. The molecule has 2 aromatic carbocycles. The van der Waals surface area contributed by atoms with Gasteiger partial charge in [-0.3, -0.25) is 4.79 Å². The Morgan fingerprint density at radius 3 is 2.38 bits per heavy atom. The number of carbonyl (C=O) groups is 1. The van der Waals surface area contributed by atoms with Gasteiger partial charge < -0.3 is 5.32 Å². The number of amides is 1. The summed E-state index contributed by atoms with van der Waals surface area (Å²) < 4.78 is 30.6. The van der Waals surface area contributed by atoms with Gasteiger partial charge in [0.2, 0.25) is 15.2 Å². The fourth-order valence-electron chi connectivity index (χ4n) is 5.10. The summed E-state index contributed by atoms with van der Waals surface area (Å²) in [5.74, 6) is 0.794. The molecule has 1 saturated heterocycles. The number of fused-ring (bicyclic) bond motifs is 1. The second kappa shape index (κ2) is 9.66. The number of hydrogen-bond donors (Lipinski definition) is 1. The lowest BCUT2D eigenvalue weighted by atomic mass is 9.94. The van der Waals surface area contributed by atoms with Crippen LogP contribution >= 0.6 is 11.3 Å². The number of nitrogens with zero attached hydrogens (tertiary/aromatic N) is 4. The molecule has 2 unspecified atom stereocenters. The maximum absolute atomic E-state index is 13.2. The van der Waals surface area contributed by atoms with Crippen molar-refractivity contribution in [2.45, 2.75) is 45.9 Å². The Morgan fingerprint density at radius 1 is 1.03 bits per heavy atom. The first-order valence-corrected chi connectivity index (χ1v) is 14.6. The summed E-state index contributed by atoms with van der Waals surface area (Å²) in [5, 5.41) is 8.13. The summed E-state index contributed by atoms with van der Waals surface area (Å²) >= 11 is 1.51. The highest BCUT2D eigenvalue weighted by Gasteiger charge is 2.31. The van der Waals surface area contributed by atoms with E-state index in [0.29, 0.717) is 41.4 Å². The number of thiazole rings is 1. The molecule has 8 nitrogen and oxygen atoms in total. The van der Waals surface area contributed by atoms with Crippen LogP contribution in [-0.2, 0) is 10.0 Å². The molecule has 1 N–H and O–H groups in total. The van der Waals surface area contributed by atoms with Crippen LogP contribution in [0.3, 0.4) is 0 Å². The molecule has 0 bridgehead atoms. The maximum Gasteiger partial charge on any atom is 0.256 e. The smallest absolute Gasteiger partial charge is 0.256 e. The Labute approximate surface area is 221 Å². The predicted molar refractivity (Wildman–Crippen MR) is 147 cm³/mol. The monoisotopic (exact) mass is 537 g/mol. The van der Waals surface area contributed by atoms with Gasteiger partial charge in [0.25, 0.3) is 5.91 Å². The van der Waals surface area contributed by atoms with Gasteiger partial charge in [0, 0.05) is 24.7 Å². The molecule has 4 aromatic rings. The van der Waals surface area contributed by atoms with Crippen molar-refractivity contribution in [1.29, 1.82) is 0 Å². The molecule has 0 saturated carbocycles. The zero-order chi connectivity index (χ0) is 26.5. The number of anilines is 1. The molecule has 1 fully saturated rings. The average molecular weight is 538 g/mol. The van der Waals surface area contributed by atoms with Gasteiger partial charge in [-0.25, -0.2) is 13.4 Å². The minimum absolute atomic E-state index is 0.200. The van der Waals surface area contributed by atoms with Crippen LogP contribution in [0.2, 0.25) is 0 Å². The fraction of sp³-hybridized carbons (Fsp3) is 0.370. The van der Waals surface area contributed by atoms with E-state index in [1.807, 2.05) is 13.8 Å². The van der Waals surface area contributed by atoms with E-state index in [2.05, 4.69) is 43.3 Å². The van der Waals surface area contributed by atoms with Crippen molar-refractivity contribution in [3.8, 4) is 5.13 Å². The third kappa shape index (κ3) is 5.05. The van der Waals surface area contributed by atoms with Crippen LogP contribution in [0.1, 0.15) is 47.4 Å². The molecular formula is C27H31N5O3S2. The number of carbonyl (C=O) groups excluding carboxylic acids is 1. The van der Waals surface area contributed by atoms with Crippen LogP contribution in [0, 0.1) is 32.6 Å². The number of aromatic nitrogens is 3. The first-order valence-electron chi connectivity index (χ1n) is 12.4. The number of nitrogens with one attached hydrogen (secondary N) is 1. The van der Waals surface area contributed by atoms with Crippen molar-refractivity contribution >= 4 is 43.3 Å². The summed E-state index contributed by atoms with van der Waals surface area (Å²) in [7, 11) is -3.61. The zero-order valence-corrected chi connectivity index (χ0v) is 23.3. The summed E-state index contributed by atoms with van der Waals surface area (Å²) in [5.41, 5.74) is 4.29. The summed E-state index contributed by atoms with van der Waals surface area (Å²) in [4.78, 5) is 18.1. The molecule has 10 heteroatoms. The third-order valence-electron chi connectivity index (χ3n) is 6.66. The van der Waals surface area contributed by atoms with Gasteiger partial charge in [-0.15, -0.1) is 0 Å². The highest BCUT2D eigenvalue weighted by Crippen LogP contribution is 2.31. The number of aryl methyl sites for hydroxylation is 3. The number of benzene rings is 2. The first-order chi connectivity index (χ1) is 17.5. The quantitative estimate of drug-likeness (QED) is 0.371. The van der Waals surface area contributed by atoms with Gasteiger partial charge in [-0.1, -0.05) is 31.3 Å². The molecule has 37 heavy (non-hydrogen) atoms. The second-order valence-electron chi connectivity index (χ2n) is 10.3. The third-order valence-corrected chi connectivity index (χ3v) is 9.49. The Hall–Kier alpha value is -3.08. The van der Waals surface area contributed by atoms with Crippen LogP contribution in [0.25, 0.3) is 15.3 Å². The Morgan fingerprint density at radius 2 is 1.70 bits per heavy atom. The van der Waals surface area contributed by atoms with Crippen LogP contribution in [0.15, 0.2) is 47.4 Å². The van der Waals surface area contributed by atoms with E-state index < -0.39 is 10.0 Å². The molecule has 2 aromatic heterocycles. The van der Waals surface area contributed by atoms with E-state index in [0.717, 1.165) is 27.9 Å². The minimum Gasteiger partial charge on any atom is -0.306 e. The Balaban J connectivity index is 1.38. The number of rotatable bonds is 5. The van der Waals surface area contributed by atoms with E-state index in [1.165, 1.54) is 29.0 Å². The lowest BCUT2D eigenvalue weighted by Crippen LogP contribution is -2.42. The molecule has 0 radical (unpaired) electrons. The van der Waals surface area contributed by atoms with Crippen LogP contribution < -0.4 is 5.32 Å². The number of piperidine rings is 1. The second-order valence-corrected chi connectivity index (χ2v) is 13.2. The molecule has 0 aliphatic carbocycles. The maximum atomic E-state index is 13.2. The summed E-state index contributed by atoms with van der Waals surface area (Å²) in [6, 6.07) is 12.1. The molecule has 194 valence electrons. The number of hydrogen-bond acceptors (Lipinski definition) is 6. The van der Waals surface area contributed by atoms with E-state index in [9.17, 15) is 13.2 Å². The van der Waals surface area contributed by atoms with E-state index >= 15 is 0 Å². The molecule has 1 aliphatic heterocycles. The van der Waals surface area contributed by atoms with Crippen LogP contribution in [0.4, 0.5) is 5.82 Å². The van der Waals surface area contributed by atoms with E-state index in [4.69, 9.17) is 4.98 Å². The molecule has 5 rings (SSSR count). The van der Waals surface area contributed by atoms with Gasteiger partial charge in [0.1, 0.15) is 5.82 Å². The molecule has 0 spiro atoms. The lowest BCUT2D eigenvalue weighted by Gasteiger charge is -2.34. The standard InChI is InChI=1S/C27H31N5O3S2/c1-16-11-19(4)25-23(12-16)36-27(29-25)32-24(13-20(5)30-32)28-26(33)21-6-8-22(9-7-21)37(34,35)31-14-17(2)10-18(3)15-31/h6-9,11-13,17-18H,10,14-15H2,1-5H3,(H,28,33). The summed E-state index contributed by atoms with van der Waals surface area (Å²) in [6.45, 7) is 11.1. The SMILES string of the molecule is Cc1cc(C)c2nc(-n3nc(C)cc3NC(=O)c3ccc(S(=O)(=O)N4CC(C)CC(C)C4)cc3)sc2c1. The van der Waals surface area contributed by atoms with Crippen LogP contribution in [-0.4, -0.2) is 46.5 Å².